The molecule has 2 heterocycles. The second-order valence-electron chi connectivity index (χ2n) is 5.27. The van der Waals surface area contributed by atoms with Crippen LogP contribution in [0.3, 0.4) is 0 Å². The minimum Gasteiger partial charge on any atom is -0.469 e. The van der Waals surface area contributed by atoms with Crippen molar-refractivity contribution in [3.05, 3.63) is 24.2 Å². The van der Waals surface area contributed by atoms with Crippen LogP contribution in [0.25, 0.3) is 0 Å². The fourth-order valence-corrected chi connectivity index (χ4v) is 2.51. The predicted molar refractivity (Wildman–Crippen MR) is 70.2 cm³/mol. The molecular formula is C14H22N2O2. The van der Waals surface area contributed by atoms with Gasteiger partial charge in [-0.2, -0.15) is 0 Å². The lowest BCUT2D eigenvalue weighted by molar-refractivity contribution is -0.126. The Balaban J connectivity index is 1.79. The summed E-state index contributed by atoms with van der Waals surface area (Å²) in [6, 6.07) is 4.37. The summed E-state index contributed by atoms with van der Waals surface area (Å²) in [6.45, 7) is 5.09. The fraction of sp³-hybridized carbons (Fsp3) is 0.643. The highest BCUT2D eigenvalue weighted by Crippen LogP contribution is 2.16. The van der Waals surface area contributed by atoms with E-state index in [0.29, 0.717) is 6.04 Å². The molecule has 3 unspecified atom stereocenters. The fourth-order valence-electron chi connectivity index (χ4n) is 2.51. The third-order valence-corrected chi connectivity index (χ3v) is 3.47. The van der Waals surface area contributed by atoms with Crippen LogP contribution in [0.4, 0.5) is 0 Å². The van der Waals surface area contributed by atoms with Gasteiger partial charge in [-0.3, -0.25) is 4.79 Å². The number of hydrogen-bond acceptors (Lipinski definition) is 3. The molecule has 4 heteroatoms. The third-order valence-electron chi connectivity index (χ3n) is 3.47. The molecule has 4 nitrogen and oxygen atoms in total. The molecule has 0 bridgehead atoms. The van der Waals surface area contributed by atoms with E-state index in [1.54, 1.807) is 6.26 Å². The minimum atomic E-state index is 0.119. The molecule has 0 radical (unpaired) electrons. The molecule has 1 aliphatic rings. The van der Waals surface area contributed by atoms with E-state index >= 15 is 0 Å². The Bertz CT molecular complexity index is 375. The zero-order chi connectivity index (χ0) is 13.0. The Hall–Kier alpha value is -1.29. The van der Waals surface area contributed by atoms with Crippen LogP contribution in [0, 0.1) is 5.92 Å². The molecule has 0 saturated carbocycles. The van der Waals surface area contributed by atoms with Crippen LogP contribution >= 0.6 is 0 Å². The van der Waals surface area contributed by atoms with E-state index in [9.17, 15) is 4.79 Å². The molecule has 1 fully saturated rings. The number of carbonyl (C=O) groups excluding carboxylic acids is 1. The Morgan fingerprint density at radius 2 is 2.50 bits per heavy atom. The Morgan fingerprint density at radius 1 is 1.67 bits per heavy atom. The highest BCUT2D eigenvalue weighted by molar-refractivity contribution is 5.79. The first-order valence-corrected chi connectivity index (χ1v) is 6.71. The van der Waals surface area contributed by atoms with Gasteiger partial charge in [0.2, 0.25) is 5.91 Å². The van der Waals surface area contributed by atoms with E-state index < -0.39 is 0 Å². The van der Waals surface area contributed by atoms with Crippen molar-refractivity contribution in [3.63, 3.8) is 0 Å². The second kappa shape index (κ2) is 6.05. The van der Waals surface area contributed by atoms with Gasteiger partial charge >= 0.3 is 0 Å². The van der Waals surface area contributed by atoms with Crippen molar-refractivity contribution in [1.82, 2.24) is 10.6 Å². The maximum atomic E-state index is 12.1. The molecule has 18 heavy (non-hydrogen) atoms. The molecule has 0 spiro atoms. The van der Waals surface area contributed by atoms with Crippen molar-refractivity contribution in [2.45, 2.75) is 45.2 Å². The topological polar surface area (TPSA) is 54.3 Å². The molecule has 3 atom stereocenters. The largest absolute Gasteiger partial charge is 0.469 e. The Kier molecular flexibility index (Phi) is 4.42. The highest BCUT2D eigenvalue weighted by atomic mass is 16.3. The average molecular weight is 250 g/mol. The molecule has 0 aromatic carbocycles. The predicted octanol–water partition coefficient (Wildman–Crippen LogP) is 1.71. The van der Waals surface area contributed by atoms with Gasteiger partial charge in [-0.05, 0) is 45.4 Å². The van der Waals surface area contributed by atoms with Crippen molar-refractivity contribution in [2.24, 2.45) is 5.92 Å². The molecule has 1 saturated heterocycles. The SMILES string of the molecule is CC1CC(C(=O)NC(C)Cc2ccco2)CCN1. The number of hydrogen-bond donors (Lipinski definition) is 2. The van der Waals surface area contributed by atoms with Gasteiger partial charge in [-0.25, -0.2) is 0 Å². The third kappa shape index (κ3) is 3.60. The van der Waals surface area contributed by atoms with E-state index in [1.165, 1.54) is 0 Å². The highest BCUT2D eigenvalue weighted by Gasteiger charge is 2.25. The lowest BCUT2D eigenvalue weighted by atomic mass is 9.92. The van der Waals surface area contributed by atoms with Crippen molar-refractivity contribution >= 4 is 5.91 Å². The summed E-state index contributed by atoms with van der Waals surface area (Å²) in [5, 5.41) is 6.44. The van der Waals surface area contributed by atoms with Crippen molar-refractivity contribution < 1.29 is 9.21 Å². The second-order valence-corrected chi connectivity index (χ2v) is 5.27. The summed E-state index contributed by atoms with van der Waals surface area (Å²) in [5.74, 6) is 1.25. The Morgan fingerprint density at radius 3 is 3.17 bits per heavy atom. The van der Waals surface area contributed by atoms with Crippen LogP contribution in [-0.2, 0) is 11.2 Å². The van der Waals surface area contributed by atoms with Crippen LogP contribution in [0.2, 0.25) is 0 Å². The van der Waals surface area contributed by atoms with Gasteiger partial charge in [0.15, 0.2) is 0 Å². The molecule has 2 rings (SSSR count). The van der Waals surface area contributed by atoms with E-state index in [-0.39, 0.29) is 17.9 Å². The van der Waals surface area contributed by atoms with Gasteiger partial charge in [0.25, 0.3) is 0 Å². The summed E-state index contributed by atoms with van der Waals surface area (Å²) < 4.78 is 5.29. The lowest BCUT2D eigenvalue weighted by Gasteiger charge is -2.28. The number of rotatable bonds is 4. The molecule has 1 aromatic rings. The molecule has 100 valence electrons. The molecule has 1 aliphatic heterocycles. The number of carbonyl (C=O) groups is 1. The minimum absolute atomic E-state index is 0.119. The molecular weight excluding hydrogens is 228 g/mol. The van der Waals surface area contributed by atoms with E-state index in [0.717, 1.165) is 31.6 Å². The maximum absolute atomic E-state index is 12.1. The number of furan rings is 1. The van der Waals surface area contributed by atoms with Crippen molar-refractivity contribution in [1.29, 1.82) is 0 Å². The zero-order valence-corrected chi connectivity index (χ0v) is 11.1. The van der Waals surface area contributed by atoms with Gasteiger partial charge < -0.3 is 15.1 Å². The van der Waals surface area contributed by atoms with E-state index in [4.69, 9.17) is 4.42 Å². The average Bonchev–Trinajstić information content (AvgIpc) is 2.81. The quantitative estimate of drug-likeness (QED) is 0.855. The molecule has 1 amide bonds. The number of nitrogens with one attached hydrogen (secondary N) is 2. The summed E-state index contributed by atoms with van der Waals surface area (Å²) in [7, 11) is 0. The molecule has 2 N–H and O–H groups in total. The summed E-state index contributed by atoms with van der Waals surface area (Å²) >= 11 is 0. The van der Waals surface area contributed by atoms with Crippen molar-refractivity contribution in [2.75, 3.05) is 6.54 Å². The zero-order valence-electron chi connectivity index (χ0n) is 11.1. The first-order chi connectivity index (χ1) is 8.65. The van der Waals surface area contributed by atoms with Gasteiger partial charge in [-0.15, -0.1) is 0 Å². The smallest absolute Gasteiger partial charge is 0.223 e. The van der Waals surface area contributed by atoms with Crippen molar-refractivity contribution in [3.8, 4) is 0 Å². The summed E-state index contributed by atoms with van der Waals surface area (Å²) in [5.41, 5.74) is 0. The Labute approximate surface area is 108 Å². The standard InChI is InChI=1S/C14H22N2O2/c1-10-8-12(5-6-15-10)14(17)16-11(2)9-13-4-3-7-18-13/h3-4,7,10-12,15H,5-6,8-9H2,1-2H3,(H,16,17). The van der Waals surface area contributed by atoms with Crippen LogP contribution < -0.4 is 10.6 Å². The molecule has 1 aromatic heterocycles. The lowest BCUT2D eigenvalue weighted by Crippen LogP contribution is -2.45. The maximum Gasteiger partial charge on any atom is 0.223 e. The van der Waals surface area contributed by atoms with Gasteiger partial charge in [0.05, 0.1) is 6.26 Å². The normalized spacial score (nSPS) is 25.7. The summed E-state index contributed by atoms with van der Waals surface area (Å²) in [6.07, 6.45) is 4.28. The first-order valence-electron chi connectivity index (χ1n) is 6.71. The number of amides is 1. The summed E-state index contributed by atoms with van der Waals surface area (Å²) in [4.78, 5) is 12.1. The van der Waals surface area contributed by atoms with Crippen LogP contribution in [-0.4, -0.2) is 24.5 Å². The molecule has 0 aliphatic carbocycles. The van der Waals surface area contributed by atoms with Gasteiger partial charge in [0.1, 0.15) is 5.76 Å². The van der Waals surface area contributed by atoms with Crippen LogP contribution in [0.5, 0.6) is 0 Å². The van der Waals surface area contributed by atoms with E-state index in [1.807, 2.05) is 19.1 Å². The van der Waals surface area contributed by atoms with Crippen LogP contribution in [0.15, 0.2) is 22.8 Å². The van der Waals surface area contributed by atoms with Gasteiger partial charge in [-0.1, -0.05) is 0 Å². The van der Waals surface area contributed by atoms with E-state index in [2.05, 4.69) is 17.6 Å². The first kappa shape index (κ1) is 13.1. The monoisotopic (exact) mass is 250 g/mol. The number of piperidine rings is 1. The van der Waals surface area contributed by atoms with Crippen LogP contribution in [0.1, 0.15) is 32.4 Å². The van der Waals surface area contributed by atoms with Gasteiger partial charge in [0, 0.05) is 24.4 Å².